The molecule has 0 unspecified atom stereocenters. The summed E-state index contributed by atoms with van der Waals surface area (Å²) in [6.45, 7) is 5.00. The lowest BCUT2D eigenvalue weighted by atomic mass is 10.2. The van der Waals surface area contributed by atoms with Crippen molar-refractivity contribution < 1.29 is 9.47 Å². The zero-order valence-corrected chi connectivity index (χ0v) is 7.97. The molecule has 1 aliphatic rings. The molecule has 2 heterocycles. The highest BCUT2D eigenvalue weighted by atomic mass is 32.1. The average Bonchev–Trinajstić information content (AvgIpc) is 2.71. The molecule has 1 saturated heterocycles. The highest BCUT2D eigenvalue weighted by Crippen LogP contribution is 2.29. The van der Waals surface area contributed by atoms with Gasteiger partial charge in [-0.2, -0.15) is 0 Å². The van der Waals surface area contributed by atoms with Gasteiger partial charge in [0.15, 0.2) is 11.8 Å². The largest absolute Gasteiger partial charge is 0.345 e. The molecule has 1 radical (unpaired) electrons. The van der Waals surface area contributed by atoms with Crippen LogP contribution in [0.15, 0.2) is 12.7 Å². The second-order valence-corrected chi connectivity index (χ2v) is 3.51. The highest BCUT2D eigenvalue weighted by molar-refractivity contribution is 7.09. The van der Waals surface area contributed by atoms with Crippen LogP contribution in [0.5, 0.6) is 0 Å². The number of hydrogen-bond donors (Lipinski definition) is 0. The van der Waals surface area contributed by atoms with E-state index in [-0.39, 0.29) is 6.29 Å². The molecule has 13 heavy (non-hydrogen) atoms. The van der Waals surface area contributed by atoms with E-state index in [2.05, 4.69) is 17.1 Å². The van der Waals surface area contributed by atoms with Crippen LogP contribution in [0.1, 0.15) is 16.9 Å². The molecule has 1 fully saturated rings. The number of nitrogens with zero attached hydrogens (tertiary/aromatic N) is 1. The first kappa shape index (κ1) is 8.87. The van der Waals surface area contributed by atoms with Crippen LogP contribution in [0.4, 0.5) is 0 Å². The number of hydrogen-bond acceptors (Lipinski definition) is 4. The van der Waals surface area contributed by atoms with E-state index in [1.54, 1.807) is 0 Å². The second-order valence-electron chi connectivity index (χ2n) is 2.68. The molecule has 0 aliphatic carbocycles. The summed E-state index contributed by atoms with van der Waals surface area (Å²) in [7, 11) is 0. The van der Waals surface area contributed by atoms with E-state index in [0.29, 0.717) is 13.2 Å². The molecule has 3 nitrogen and oxygen atoms in total. The molecule has 0 saturated carbocycles. The fourth-order valence-corrected chi connectivity index (χ4v) is 1.95. The lowest BCUT2D eigenvalue weighted by Crippen LogP contribution is -1.99. The Morgan fingerprint density at radius 2 is 2.38 bits per heavy atom. The Labute approximate surface area is 81.0 Å². The fourth-order valence-electron chi connectivity index (χ4n) is 1.22. The van der Waals surface area contributed by atoms with Gasteiger partial charge in [-0.1, -0.05) is 6.08 Å². The molecule has 0 N–H and O–H groups in total. The predicted molar refractivity (Wildman–Crippen MR) is 49.5 cm³/mol. The SMILES string of the molecule is C=CCc1n[c]sc1C1OCCO1. The second kappa shape index (κ2) is 4.00. The summed E-state index contributed by atoms with van der Waals surface area (Å²) in [5, 5.41) is 0. The molecule has 0 aromatic carbocycles. The molecule has 69 valence electrons. The van der Waals surface area contributed by atoms with Gasteiger partial charge >= 0.3 is 0 Å². The zero-order chi connectivity index (χ0) is 9.10. The van der Waals surface area contributed by atoms with E-state index in [4.69, 9.17) is 9.47 Å². The molecule has 0 spiro atoms. The first-order chi connectivity index (χ1) is 6.42. The first-order valence-corrected chi connectivity index (χ1v) is 4.93. The highest BCUT2D eigenvalue weighted by Gasteiger charge is 2.22. The molecule has 4 heteroatoms. The van der Waals surface area contributed by atoms with Gasteiger partial charge in [0.25, 0.3) is 0 Å². The van der Waals surface area contributed by atoms with Crippen LogP contribution in [0.25, 0.3) is 0 Å². The van der Waals surface area contributed by atoms with Crippen molar-refractivity contribution in [3.8, 4) is 0 Å². The maximum absolute atomic E-state index is 5.38. The van der Waals surface area contributed by atoms with Crippen molar-refractivity contribution in [2.24, 2.45) is 0 Å². The topological polar surface area (TPSA) is 31.4 Å². The van der Waals surface area contributed by atoms with E-state index in [0.717, 1.165) is 17.0 Å². The molecule has 1 aromatic heterocycles. The summed E-state index contributed by atoms with van der Waals surface area (Å²) >= 11 is 1.45. The Kier molecular flexibility index (Phi) is 2.73. The summed E-state index contributed by atoms with van der Waals surface area (Å²) in [5.41, 5.74) is 3.81. The number of thiazole rings is 1. The minimum Gasteiger partial charge on any atom is -0.345 e. The van der Waals surface area contributed by atoms with Gasteiger partial charge in [-0.05, 0) is 0 Å². The third-order valence-corrected chi connectivity index (χ3v) is 2.62. The summed E-state index contributed by atoms with van der Waals surface area (Å²) in [4.78, 5) is 5.14. The Bertz CT molecular complexity index is 292. The molecule has 1 aromatic rings. The van der Waals surface area contributed by atoms with Gasteiger partial charge in [0.2, 0.25) is 0 Å². The van der Waals surface area contributed by atoms with E-state index < -0.39 is 0 Å². The van der Waals surface area contributed by atoms with Crippen LogP contribution in [0.3, 0.4) is 0 Å². The average molecular weight is 196 g/mol. The smallest absolute Gasteiger partial charge is 0.195 e. The summed E-state index contributed by atoms with van der Waals surface area (Å²) in [6, 6.07) is 0. The van der Waals surface area contributed by atoms with Gasteiger partial charge in [0.05, 0.1) is 23.8 Å². The van der Waals surface area contributed by atoms with Crippen LogP contribution >= 0.6 is 11.3 Å². The molecule has 0 bridgehead atoms. The van der Waals surface area contributed by atoms with E-state index in [9.17, 15) is 0 Å². The third-order valence-electron chi connectivity index (χ3n) is 1.79. The summed E-state index contributed by atoms with van der Waals surface area (Å²) < 4.78 is 10.8. The first-order valence-electron chi connectivity index (χ1n) is 4.11. The molecule has 1 aliphatic heterocycles. The molecule has 2 rings (SSSR count). The van der Waals surface area contributed by atoms with Crippen LogP contribution < -0.4 is 0 Å². The number of rotatable bonds is 3. The monoisotopic (exact) mass is 196 g/mol. The van der Waals surface area contributed by atoms with E-state index >= 15 is 0 Å². The van der Waals surface area contributed by atoms with Crippen molar-refractivity contribution in [2.45, 2.75) is 12.7 Å². The van der Waals surface area contributed by atoms with Crippen molar-refractivity contribution >= 4 is 11.3 Å². The molecule has 0 amide bonds. The van der Waals surface area contributed by atoms with E-state index in [1.807, 2.05) is 6.08 Å². The van der Waals surface area contributed by atoms with Gasteiger partial charge in [0.1, 0.15) is 0 Å². The maximum atomic E-state index is 5.38. The van der Waals surface area contributed by atoms with Gasteiger partial charge in [0, 0.05) is 6.42 Å². The lowest BCUT2D eigenvalue weighted by Gasteiger charge is -2.06. The van der Waals surface area contributed by atoms with Crippen LogP contribution in [0.2, 0.25) is 0 Å². The van der Waals surface area contributed by atoms with Crippen molar-refractivity contribution in [2.75, 3.05) is 13.2 Å². The van der Waals surface area contributed by atoms with Crippen molar-refractivity contribution in [1.29, 1.82) is 0 Å². The summed E-state index contributed by atoms with van der Waals surface area (Å²) in [5.74, 6) is 0. The van der Waals surface area contributed by atoms with Gasteiger partial charge in [-0.25, -0.2) is 4.98 Å². The Hall–Kier alpha value is -0.710. The van der Waals surface area contributed by atoms with Gasteiger partial charge < -0.3 is 9.47 Å². The number of allylic oxidation sites excluding steroid dienone is 1. The third kappa shape index (κ3) is 1.80. The summed E-state index contributed by atoms with van der Waals surface area (Å²) in [6.07, 6.45) is 2.35. The Morgan fingerprint density at radius 3 is 3.08 bits per heavy atom. The van der Waals surface area contributed by atoms with Crippen LogP contribution in [0, 0.1) is 5.51 Å². The van der Waals surface area contributed by atoms with Crippen LogP contribution in [-0.4, -0.2) is 18.2 Å². The quantitative estimate of drug-likeness (QED) is 0.690. The zero-order valence-electron chi connectivity index (χ0n) is 7.16. The minimum absolute atomic E-state index is 0.223. The van der Waals surface area contributed by atoms with Gasteiger partial charge in [-0.3, -0.25) is 0 Å². The molecular formula is C9H10NO2S. The number of ether oxygens (including phenoxy) is 2. The van der Waals surface area contributed by atoms with E-state index in [1.165, 1.54) is 11.3 Å². The van der Waals surface area contributed by atoms with Crippen molar-refractivity contribution in [3.05, 3.63) is 28.7 Å². The van der Waals surface area contributed by atoms with Gasteiger partial charge in [-0.15, -0.1) is 17.9 Å². The molecular weight excluding hydrogens is 186 g/mol. The normalized spacial score (nSPS) is 17.8. The van der Waals surface area contributed by atoms with Crippen molar-refractivity contribution in [1.82, 2.24) is 4.98 Å². The maximum Gasteiger partial charge on any atom is 0.195 e. The molecule has 0 atom stereocenters. The standard InChI is InChI=1S/C9H10NO2S/c1-2-3-7-8(13-6-10-7)9-11-4-5-12-9/h2,9H,1,3-5H2. The Morgan fingerprint density at radius 1 is 1.62 bits per heavy atom. The number of aromatic nitrogens is 1. The lowest BCUT2D eigenvalue weighted by molar-refractivity contribution is -0.0419. The Balaban J connectivity index is 2.17. The van der Waals surface area contributed by atoms with Crippen LogP contribution in [-0.2, 0) is 15.9 Å². The minimum atomic E-state index is -0.223. The fraction of sp³-hybridized carbons (Fsp3) is 0.444. The van der Waals surface area contributed by atoms with Crippen molar-refractivity contribution in [3.63, 3.8) is 0 Å². The predicted octanol–water partition coefficient (Wildman–Crippen LogP) is 1.72.